The van der Waals surface area contributed by atoms with E-state index < -0.39 is 18.0 Å². The molecule has 1 aliphatic rings. The summed E-state index contributed by atoms with van der Waals surface area (Å²) < 4.78 is 30.4. The van der Waals surface area contributed by atoms with Gasteiger partial charge in [-0.2, -0.15) is 0 Å². The van der Waals surface area contributed by atoms with Crippen molar-refractivity contribution in [1.82, 2.24) is 0 Å². The molecule has 0 spiro atoms. The molecule has 1 aliphatic heterocycles. The highest BCUT2D eigenvalue weighted by molar-refractivity contribution is 5.81. The van der Waals surface area contributed by atoms with Crippen molar-refractivity contribution in [3.05, 3.63) is 25.3 Å². The van der Waals surface area contributed by atoms with Crippen LogP contribution >= 0.6 is 0 Å². The van der Waals surface area contributed by atoms with Crippen LogP contribution in [0, 0.1) is 0 Å². The number of hydrogen-bond donors (Lipinski definition) is 2. The van der Waals surface area contributed by atoms with Gasteiger partial charge in [0.1, 0.15) is 18.8 Å². The first-order valence-electron chi connectivity index (χ1n) is 10.9. The van der Waals surface area contributed by atoms with Gasteiger partial charge in [0.15, 0.2) is 0 Å². The minimum atomic E-state index is -0.760. The second kappa shape index (κ2) is 28.2. The lowest BCUT2D eigenvalue weighted by atomic mass is 10.1. The largest absolute Gasteiger partial charge is 0.462 e. The van der Waals surface area contributed by atoms with Crippen LogP contribution in [0.15, 0.2) is 25.3 Å². The quantitative estimate of drug-likeness (QED) is 0.215. The topological polar surface area (TPSA) is 130 Å². The lowest BCUT2D eigenvalue weighted by molar-refractivity contribution is -0.141. The molecule has 0 aromatic carbocycles. The summed E-state index contributed by atoms with van der Waals surface area (Å²) in [7, 11) is 4.11. The van der Waals surface area contributed by atoms with E-state index in [9.17, 15) is 9.59 Å². The van der Waals surface area contributed by atoms with Crippen LogP contribution in [0.25, 0.3) is 0 Å². The van der Waals surface area contributed by atoms with Gasteiger partial charge < -0.3 is 38.6 Å². The molecule has 0 amide bonds. The molecule has 10 nitrogen and oxygen atoms in total. The van der Waals surface area contributed by atoms with Gasteiger partial charge >= 0.3 is 11.9 Å². The lowest BCUT2D eigenvalue weighted by Gasteiger charge is -2.22. The van der Waals surface area contributed by atoms with Gasteiger partial charge in [0, 0.05) is 46.5 Å². The summed E-state index contributed by atoms with van der Waals surface area (Å²) in [5, 5.41) is 16.0. The van der Waals surface area contributed by atoms with E-state index in [1.807, 2.05) is 13.8 Å². The molecule has 1 rings (SSSR count). The van der Waals surface area contributed by atoms with E-state index in [-0.39, 0.29) is 25.4 Å². The van der Waals surface area contributed by atoms with Gasteiger partial charge in [0.05, 0.1) is 32.5 Å². The molecule has 1 fully saturated rings. The zero-order valence-corrected chi connectivity index (χ0v) is 20.8. The Kier molecular flexibility index (Phi) is 30.6. The number of rotatable bonds is 14. The maximum absolute atomic E-state index is 10.8. The molecular weight excluding hydrogens is 436 g/mol. The van der Waals surface area contributed by atoms with Crippen LogP contribution in [-0.2, 0) is 38.0 Å². The fourth-order valence-electron chi connectivity index (χ4n) is 2.33. The second-order valence-corrected chi connectivity index (χ2v) is 6.08. The Morgan fingerprint density at radius 3 is 2.06 bits per heavy atom. The van der Waals surface area contributed by atoms with E-state index in [1.54, 1.807) is 7.11 Å². The third-order valence-electron chi connectivity index (χ3n) is 3.69. The van der Waals surface area contributed by atoms with Gasteiger partial charge in [-0.3, -0.25) is 0 Å². The molecule has 0 aromatic rings. The van der Waals surface area contributed by atoms with Crippen LogP contribution in [0.1, 0.15) is 33.1 Å². The number of carbonyl (C=O) groups excluding carboxylic acids is 2. The molecule has 3 unspecified atom stereocenters. The molecular formula is C23H44O10. The summed E-state index contributed by atoms with van der Waals surface area (Å²) in [5.74, 6) is -0.942. The molecule has 3 atom stereocenters. The Labute approximate surface area is 198 Å². The van der Waals surface area contributed by atoms with Crippen molar-refractivity contribution in [1.29, 1.82) is 0 Å². The smallest absolute Gasteiger partial charge is 0.330 e. The third-order valence-corrected chi connectivity index (χ3v) is 3.69. The van der Waals surface area contributed by atoms with Gasteiger partial charge in [-0.15, -0.1) is 0 Å². The first kappa shape index (κ1) is 35.8. The Balaban J connectivity index is -0.000000516. The first-order chi connectivity index (χ1) is 16.0. The summed E-state index contributed by atoms with van der Waals surface area (Å²) in [4.78, 5) is 21.2. The van der Waals surface area contributed by atoms with E-state index in [2.05, 4.69) is 22.6 Å². The normalized spacial score (nSPS) is 15.7. The molecule has 2 N–H and O–H groups in total. The number of hydrogen-bond acceptors (Lipinski definition) is 10. The molecule has 10 heteroatoms. The molecule has 33 heavy (non-hydrogen) atoms. The molecule has 0 aromatic heterocycles. The number of methoxy groups -OCH3 is 2. The van der Waals surface area contributed by atoms with Crippen LogP contribution in [-0.4, -0.2) is 101 Å². The highest BCUT2D eigenvalue weighted by Crippen LogP contribution is 2.18. The fourth-order valence-corrected chi connectivity index (χ4v) is 2.33. The van der Waals surface area contributed by atoms with Crippen molar-refractivity contribution < 1.29 is 48.2 Å². The van der Waals surface area contributed by atoms with Crippen LogP contribution in [0.4, 0.5) is 0 Å². The van der Waals surface area contributed by atoms with E-state index in [1.165, 1.54) is 7.11 Å². The van der Waals surface area contributed by atoms with Crippen molar-refractivity contribution in [3.63, 3.8) is 0 Å². The van der Waals surface area contributed by atoms with Crippen LogP contribution in [0.2, 0.25) is 0 Å². The first-order valence-corrected chi connectivity index (χ1v) is 10.9. The summed E-state index contributed by atoms with van der Waals surface area (Å²) in [6, 6.07) is 0. The van der Waals surface area contributed by atoms with E-state index >= 15 is 0 Å². The van der Waals surface area contributed by atoms with Crippen LogP contribution < -0.4 is 0 Å². The van der Waals surface area contributed by atoms with E-state index in [0.29, 0.717) is 26.2 Å². The number of aliphatic hydroxyl groups excluding tert-OH is 2. The van der Waals surface area contributed by atoms with Crippen LogP contribution in [0.5, 0.6) is 0 Å². The summed E-state index contributed by atoms with van der Waals surface area (Å²) >= 11 is 0. The summed E-state index contributed by atoms with van der Waals surface area (Å²) in [6.45, 7) is 12.8. The van der Waals surface area contributed by atoms with E-state index in [4.69, 9.17) is 29.2 Å². The number of aliphatic hydroxyl groups is 2. The molecule has 196 valence electrons. The van der Waals surface area contributed by atoms with Gasteiger partial charge in [-0.25, -0.2) is 9.59 Å². The SMILES string of the molecule is C=CC(=O)OCC(O)COC.C=CC(=O)OCCCOC(COC)C1CCCO1.CC.CO. The van der Waals surface area contributed by atoms with Gasteiger partial charge in [-0.1, -0.05) is 27.0 Å². The maximum Gasteiger partial charge on any atom is 0.330 e. The van der Waals surface area contributed by atoms with E-state index in [0.717, 1.165) is 38.7 Å². The Hall–Kier alpha value is -1.82. The highest BCUT2D eigenvalue weighted by Gasteiger charge is 2.26. The standard InChI is InChI=1S/C13H22O5.C7H12O4.C2H6.CH4O/c1-3-13(14)18-9-5-8-17-12(10-15-2)11-6-4-7-16-11;1-3-7(9)11-5-6(8)4-10-2;2*1-2/h3,11-12H,1,4-10H2,2H3;3,6,8H,1,4-5H2,2H3;1-2H3;2H,1H3. The Morgan fingerprint density at radius 1 is 1.00 bits per heavy atom. The van der Waals surface area contributed by atoms with Gasteiger partial charge in [-0.05, 0) is 12.8 Å². The van der Waals surface area contributed by atoms with Crippen molar-refractivity contribution >= 4 is 11.9 Å². The number of ether oxygens (including phenoxy) is 6. The third kappa shape index (κ3) is 23.1. The average Bonchev–Trinajstić information content (AvgIpc) is 3.39. The second-order valence-electron chi connectivity index (χ2n) is 6.08. The molecule has 0 bridgehead atoms. The Bertz CT molecular complexity index is 464. The van der Waals surface area contributed by atoms with Crippen molar-refractivity contribution in [2.24, 2.45) is 0 Å². The molecule has 1 saturated heterocycles. The van der Waals surface area contributed by atoms with Crippen molar-refractivity contribution in [2.75, 3.05) is 61.0 Å². The summed E-state index contributed by atoms with van der Waals surface area (Å²) in [6.07, 6.45) is 4.27. The zero-order valence-electron chi connectivity index (χ0n) is 20.8. The van der Waals surface area contributed by atoms with Gasteiger partial charge in [0.25, 0.3) is 0 Å². The van der Waals surface area contributed by atoms with Gasteiger partial charge in [0.2, 0.25) is 0 Å². The minimum absolute atomic E-state index is 0.0346. The highest BCUT2D eigenvalue weighted by atomic mass is 16.6. The van der Waals surface area contributed by atoms with Crippen LogP contribution in [0.3, 0.4) is 0 Å². The average molecular weight is 481 g/mol. The predicted molar refractivity (Wildman–Crippen MR) is 125 cm³/mol. The zero-order chi connectivity index (χ0) is 25.9. The summed E-state index contributed by atoms with van der Waals surface area (Å²) in [5.41, 5.74) is 0. The van der Waals surface area contributed by atoms with Crippen molar-refractivity contribution in [3.8, 4) is 0 Å². The lowest BCUT2D eigenvalue weighted by Crippen LogP contribution is -2.33. The number of esters is 2. The maximum atomic E-state index is 10.8. The molecule has 1 heterocycles. The minimum Gasteiger partial charge on any atom is -0.462 e. The molecule has 0 saturated carbocycles. The number of carbonyl (C=O) groups is 2. The molecule has 0 aliphatic carbocycles. The monoisotopic (exact) mass is 480 g/mol. The fraction of sp³-hybridized carbons (Fsp3) is 0.739. The van der Waals surface area contributed by atoms with Crippen molar-refractivity contribution in [2.45, 2.75) is 51.4 Å². The predicted octanol–water partition coefficient (Wildman–Crippen LogP) is 1.67. The Morgan fingerprint density at radius 2 is 1.58 bits per heavy atom. The molecule has 0 radical (unpaired) electrons.